The maximum atomic E-state index is 12.8. The maximum absolute atomic E-state index is 12.8. The molecule has 0 saturated heterocycles. The van der Waals surface area contributed by atoms with Crippen molar-refractivity contribution in [3.8, 4) is 0 Å². The minimum atomic E-state index is -0.991. The van der Waals surface area contributed by atoms with Gasteiger partial charge in [-0.1, -0.05) is 0 Å². The Labute approximate surface area is 80.6 Å². The highest BCUT2D eigenvalue weighted by molar-refractivity contribution is 9.10. The largest absolute Gasteiger partial charge is 0.278 e. The van der Waals surface area contributed by atoms with E-state index in [2.05, 4.69) is 15.9 Å². The van der Waals surface area contributed by atoms with Crippen LogP contribution in [0.1, 0.15) is 5.56 Å². The van der Waals surface area contributed by atoms with Crippen molar-refractivity contribution in [2.75, 3.05) is 0 Å². The van der Waals surface area contributed by atoms with Gasteiger partial charge in [-0.2, -0.15) is 0 Å². The number of hydrogen-bond donors (Lipinski definition) is 0. The van der Waals surface area contributed by atoms with E-state index >= 15 is 0 Å². The Balaban J connectivity index is 3.33. The normalized spacial score (nSPS) is 10.1. The molecule has 0 atom stereocenters. The smallest absolute Gasteiger partial charge is 0.258 e. The summed E-state index contributed by atoms with van der Waals surface area (Å²) in [6.07, 6.45) is 0. The zero-order valence-corrected chi connectivity index (χ0v) is 7.85. The van der Waals surface area contributed by atoms with E-state index in [9.17, 15) is 18.9 Å². The van der Waals surface area contributed by atoms with Gasteiger partial charge in [-0.15, -0.1) is 0 Å². The minimum Gasteiger partial charge on any atom is -0.258 e. The van der Waals surface area contributed by atoms with Crippen LogP contribution in [0, 0.1) is 15.9 Å². The summed E-state index contributed by atoms with van der Waals surface area (Å²) >= 11 is 2.81. The van der Waals surface area contributed by atoms with Crippen molar-refractivity contribution in [1.82, 2.24) is 0 Å². The van der Waals surface area contributed by atoms with Crippen LogP contribution in [0.5, 0.6) is 0 Å². The Hall–Kier alpha value is -1.04. The van der Waals surface area contributed by atoms with Crippen molar-refractivity contribution in [2.45, 2.75) is 6.67 Å². The molecule has 1 rings (SSSR count). The monoisotopic (exact) mass is 251 g/mol. The van der Waals surface area contributed by atoms with Gasteiger partial charge in [0.05, 0.1) is 21.0 Å². The fourth-order valence-electron chi connectivity index (χ4n) is 0.855. The van der Waals surface area contributed by atoms with Crippen LogP contribution < -0.4 is 0 Å². The third kappa shape index (κ3) is 2.00. The summed E-state index contributed by atoms with van der Waals surface area (Å²) in [6, 6.07) is 1.76. The van der Waals surface area contributed by atoms with Gasteiger partial charge in [-0.05, 0) is 22.0 Å². The lowest BCUT2D eigenvalue weighted by Crippen LogP contribution is -1.95. The molecule has 0 aliphatic rings. The predicted molar refractivity (Wildman–Crippen MR) is 45.6 cm³/mol. The summed E-state index contributed by atoms with van der Waals surface area (Å²) in [6.45, 7) is -0.991. The minimum absolute atomic E-state index is 0.0192. The topological polar surface area (TPSA) is 43.1 Å². The number of halogens is 3. The molecule has 0 saturated carbocycles. The number of rotatable bonds is 2. The van der Waals surface area contributed by atoms with E-state index in [-0.39, 0.29) is 10.0 Å². The molecule has 0 N–H and O–H groups in total. The second-order valence-corrected chi connectivity index (χ2v) is 3.14. The zero-order chi connectivity index (χ0) is 10.0. The summed E-state index contributed by atoms with van der Waals surface area (Å²) in [5.41, 5.74) is -0.679. The van der Waals surface area contributed by atoms with E-state index in [1.807, 2.05) is 0 Å². The summed E-state index contributed by atoms with van der Waals surface area (Å²) in [4.78, 5) is 9.49. The van der Waals surface area contributed by atoms with Crippen LogP contribution in [-0.4, -0.2) is 4.92 Å². The SMILES string of the molecule is O=[N+]([O-])c1cc(F)c(Br)cc1CF. The summed E-state index contributed by atoms with van der Waals surface area (Å²) < 4.78 is 25.0. The molecule has 0 bridgehead atoms. The van der Waals surface area contributed by atoms with E-state index in [1.165, 1.54) is 0 Å². The molecule has 0 heterocycles. The van der Waals surface area contributed by atoms with Crippen LogP contribution in [0.3, 0.4) is 0 Å². The zero-order valence-electron chi connectivity index (χ0n) is 6.26. The van der Waals surface area contributed by atoms with Gasteiger partial charge in [-0.3, -0.25) is 10.1 Å². The van der Waals surface area contributed by atoms with E-state index in [4.69, 9.17) is 0 Å². The predicted octanol–water partition coefficient (Wildman–Crippen LogP) is 2.97. The fraction of sp³-hybridized carbons (Fsp3) is 0.143. The molecule has 0 spiro atoms. The second-order valence-electron chi connectivity index (χ2n) is 2.29. The van der Waals surface area contributed by atoms with E-state index in [0.29, 0.717) is 6.07 Å². The first-order valence-corrected chi connectivity index (χ1v) is 4.04. The molecule has 3 nitrogen and oxygen atoms in total. The van der Waals surface area contributed by atoms with Crippen LogP contribution in [0.25, 0.3) is 0 Å². The molecule has 0 aliphatic heterocycles. The van der Waals surface area contributed by atoms with Crippen molar-refractivity contribution < 1.29 is 13.7 Å². The van der Waals surface area contributed by atoms with Gasteiger partial charge in [0, 0.05) is 0 Å². The van der Waals surface area contributed by atoms with Gasteiger partial charge < -0.3 is 0 Å². The molecule has 13 heavy (non-hydrogen) atoms. The van der Waals surface area contributed by atoms with Gasteiger partial charge in [-0.25, -0.2) is 8.78 Å². The Morgan fingerprint density at radius 1 is 1.54 bits per heavy atom. The molecule has 0 amide bonds. The van der Waals surface area contributed by atoms with Gasteiger partial charge in [0.15, 0.2) is 0 Å². The number of hydrogen-bond acceptors (Lipinski definition) is 2. The molecule has 0 unspecified atom stereocenters. The van der Waals surface area contributed by atoms with Gasteiger partial charge in [0.1, 0.15) is 12.5 Å². The maximum Gasteiger partial charge on any atom is 0.278 e. The third-order valence-corrected chi connectivity index (χ3v) is 2.07. The van der Waals surface area contributed by atoms with Crippen molar-refractivity contribution in [3.63, 3.8) is 0 Å². The van der Waals surface area contributed by atoms with Crippen LogP contribution in [0.15, 0.2) is 16.6 Å². The lowest BCUT2D eigenvalue weighted by atomic mass is 10.2. The first-order valence-electron chi connectivity index (χ1n) is 3.24. The number of nitrogens with zero attached hydrogens (tertiary/aromatic N) is 1. The second kappa shape index (κ2) is 3.78. The molecule has 0 fully saturated rings. The summed E-state index contributed by atoms with van der Waals surface area (Å²) in [5.74, 6) is -0.774. The van der Waals surface area contributed by atoms with Crippen LogP contribution >= 0.6 is 15.9 Å². The number of nitro groups is 1. The molecular weight excluding hydrogens is 248 g/mol. The summed E-state index contributed by atoms with van der Waals surface area (Å²) in [7, 11) is 0. The van der Waals surface area contributed by atoms with Gasteiger partial charge in [0.25, 0.3) is 5.69 Å². The molecule has 0 radical (unpaired) electrons. The quantitative estimate of drug-likeness (QED) is 0.599. The van der Waals surface area contributed by atoms with Crippen molar-refractivity contribution in [1.29, 1.82) is 0 Å². The highest BCUT2D eigenvalue weighted by atomic mass is 79.9. The molecule has 0 aliphatic carbocycles. The van der Waals surface area contributed by atoms with Crippen LogP contribution in [-0.2, 0) is 6.67 Å². The highest BCUT2D eigenvalue weighted by Crippen LogP contribution is 2.26. The van der Waals surface area contributed by atoms with Crippen molar-refractivity contribution in [3.05, 3.63) is 38.1 Å². The first kappa shape index (κ1) is 10.0. The third-order valence-electron chi connectivity index (χ3n) is 1.46. The Morgan fingerprint density at radius 2 is 2.15 bits per heavy atom. The molecular formula is C7H4BrF2NO2. The average Bonchev–Trinajstić information content (AvgIpc) is 2.08. The van der Waals surface area contributed by atoms with Crippen LogP contribution in [0.2, 0.25) is 0 Å². The Bertz CT molecular complexity index is 357. The molecule has 0 aromatic heterocycles. The van der Waals surface area contributed by atoms with Crippen LogP contribution in [0.4, 0.5) is 14.5 Å². The Morgan fingerprint density at radius 3 is 2.62 bits per heavy atom. The lowest BCUT2D eigenvalue weighted by Gasteiger charge is -1.99. The Kier molecular flexibility index (Phi) is 2.92. The molecule has 1 aromatic rings. The van der Waals surface area contributed by atoms with Gasteiger partial charge >= 0.3 is 0 Å². The number of nitro benzene ring substituents is 1. The fourth-order valence-corrected chi connectivity index (χ4v) is 1.25. The standard InChI is InChI=1S/C7H4BrF2NO2/c8-5-1-4(3-9)7(11(12)13)2-6(5)10/h1-2H,3H2. The number of benzene rings is 1. The first-order chi connectivity index (χ1) is 6.06. The molecule has 1 aromatic carbocycles. The lowest BCUT2D eigenvalue weighted by molar-refractivity contribution is -0.385. The van der Waals surface area contributed by atoms with E-state index < -0.39 is 23.1 Å². The number of alkyl halides is 1. The van der Waals surface area contributed by atoms with E-state index in [0.717, 1.165) is 6.07 Å². The van der Waals surface area contributed by atoms with E-state index in [1.54, 1.807) is 0 Å². The molecule has 70 valence electrons. The highest BCUT2D eigenvalue weighted by Gasteiger charge is 2.16. The average molecular weight is 252 g/mol. The van der Waals surface area contributed by atoms with Crippen molar-refractivity contribution >= 4 is 21.6 Å². The summed E-state index contributed by atoms with van der Waals surface area (Å²) in [5, 5.41) is 10.3. The van der Waals surface area contributed by atoms with Gasteiger partial charge in [0.2, 0.25) is 0 Å². The molecule has 6 heteroatoms. The van der Waals surface area contributed by atoms with Crippen molar-refractivity contribution in [2.24, 2.45) is 0 Å².